The molecule has 0 aromatic carbocycles. The van der Waals surface area contributed by atoms with E-state index in [1.54, 1.807) is 55.4 Å². The standard InChI is InChI=1S/C52H91N7O13/c1-12-13-14-15-16-17-18-19-20-21-35-28-42(60)53-36(22-23-43(61)62)46(65)54-37(24-30(2)3)47(66)56-39(26-32(6)7)50(69)59-45(34(10)11)51(70)57-40(29-44(63)64)49(68)55-38(25-31(4)5)48(67)58-41(27-33(8)9)52(71)72-35/h30-41,45H,12-29H2,1-11H3,(H,53,60)(H,54,65)(H,55,68)(H,56,66)(H,57,70)(H,58,67)(H,59,69)(H,61,62)(H,63,64)/t35-,36+,37+,38+,39+,40+,41+,45+/m1/s1. The fraction of sp³-hybridized carbons (Fsp3) is 0.808. The van der Waals surface area contributed by atoms with Crippen molar-refractivity contribution in [1.82, 2.24) is 37.2 Å². The van der Waals surface area contributed by atoms with Crippen LogP contribution in [0.2, 0.25) is 0 Å². The van der Waals surface area contributed by atoms with Gasteiger partial charge >= 0.3 is 17.9 Å². The molecule has 0 spiro atoms. The molecule has 0 saturated carbocycles. The van der Waals surface area contributed by atoms with Gasteiger partial charge in [0.2, 0.25) is 41.4 Å². The van der Waals surface area contributed by atoms with Crippen molar-refractivity contribution in [2.75, 3.05) is 0 Å². The van der Waals surface area contributed by atoms with Gasteiger partial charge in [0.25, 0.3) is 0 Å². The largest absolute Gasteiger partial charge is 0.481 e. The molecule has 8 atom stereocenters. The van der Waals surface area contributed by atoms with Gasteiger partial charge in [0, 0.05) is 6.42 Å². The van der Waals surface area contributed by atoms with Crippen LogP contribution in [0, 0.1) is 29.6 Å². The van der Waals surface area contributed by atoms with Gasteiger partial charge in [-0.15, -0.1) is 0 Å². The average molecular weight is 1020 g/mol. The van der Waals surface area contributed by atoms with E-state index in [-0.39, 0.29) is 62.2 Å². The minimum atomic E-state index is -1.72. The van der Waals surface area contributed by atoms with Crippen LogP contribution >= 0.6 is 0 Å². The third-order valence-electron chi connectivity index (χ3n) is 12.2. The van der Waals surface area contributed by atoms with Crippen LogP contribution in [0.3, 0.4) is 0 Å². The Morgan fingerprint density at radius 2 is 0.861 bits per heavy atom. The Labute approximate surface area is 428 Å². The van der Waals surface area contributed by atoms with Crippen LogP contribution < -0.4 is 37.2 Å². The first-order valence-corrected chi connectivity index (χ1v) is 26.5. The second kappa shape index (κ2) is 34.2. The number of carboxylic acids is 2. The fourth-order valence-electron chi connectivity index (χ4n) is 8.45. The van der Waals surface area contributed by atoms with Crippen molar-refractivity contribution >= 4 is 59.3 Å². The predicted molar refractivity (Wildman–Crippen MR) is 272 cm³/mol. The van der Waals surface area contributed by atoms with Crippen LogP contribution in [0.1, 0.15) is 192 Å². The number of esters is 1. The van der Waals surface area contributed by atoms with Crippen LogP contribution in [0.25, 0.3) is 0 Å². The summed E-state index contributed by atoms with van der Waals surface area (Å²) < 4.78 is 6.03. The molecular weight excluding hydrogens is 931 g/mol. The molecule has 0 aliphatic carbocycles. The van der Waals surface area contributed by atoms with Crippen molar-refractivity contribution in [3.05, 3.63) is 0 Å². The van der Waals surface area contributed by atoms with Gasteiger partial charge in [0.15, 0.2) is 0 Å². The number of ether oxygens (including phenoxy) is 1. The first-order valence-electron chi connectivity index (χ1n) is 26.5. The van der Waals surface area contributed by atoms with E-state index in [1.165, 1.54) is 12.8 Å². The van der Waals surface area contributed by atoms with Crippen LogP contribution in [0.4, 0.5) is 0 Å². The van der Waals surface area contributed by atoms with Gasteiger partial charge in [-0.25, -0.2) is 4.79 Å². The van der Waals surface area contributed by atoms with Crippen LogP contribution in [0.5, 0.6) is 0 Å². The smallest absolute Gasteiger partial charge is 0.328 e. The topological polar surface area (TPSA) is 305 Å². The van der Waals surface area contributed by atoms with Crippen molar-refractivity contribution in [3.63, 3.8) is 0 Å². The third-order valence-corrected chi connectivity index (χ3v) is 12.2. The van der Waals surface area contributed by atoms with Gasteiger partial charge in [-0.2, -0.15) is 0 Å². The van der Waals surface area contributed by atoms with Crippen molar-refractivity contribution in [3.8, 4) is 0 Å². The molecule has 1 aliphatic rings. The summed E-state index contributed by atoms with van der Waals surface area (Å²) in [6.07, 6.45) is 6.23. The Hall–Kier alpha value is -5.30. The van der Waals surface area contributed by atoms with Gasteiger partial charge in [-0.1, -0.05) is 128 Å². The molecule has 0 bridgehead atoms. The van der Waals surface area contributed by atoms with Gasteiger partial charge < -0.3 is 52.2 Å². The molecule has 1 saturated heterocycles. The van der Waals surface area contributed by atoms with Crippen LogP contribution in [-0.4, -0.2) is 118 Å². The Balaban J connectivity index is 3.97. The minimum Gasteiger partial charge on any atom is -0.481 e. The molecule has 412 valence electrons. The van der Waals surface area contributed by atoms with E-state index < -0.39 is 133 Å². The van der Waals surface area contributed by atoms with E-state index in [2.05, 4.69) is 44.1 Å². The monoisotopic (exact) mass is 1020 g/mol. The maximum Gasteiger partial charge on any atom is 0.328 e. The van der Waals surface area contributed by atoms with Gasteiger partial charge in [-0.3, -0.25) is 43.2 Å². The number of amides is 7. The van der Waals surface area contributed by atoms with Crippen LogP contribution in [-0.2, 0) is 52.7 Å². The number of aliphatic carboxylic acids is 2. The number of rotatable bonds is 24. The molecule has 72 heavy (non-hydrogen) atoms. The zero-order valence-corrected chi connectivity index (χ0v) is 45.1. The summed E-state index contributed by atoms with van der Waals surface area (Å²) >= 11 is 0. The molecule has 0 aromatic heterocycles. The molecule has 20 nitrogen and oxygen atoms in total. The molecule has 1 rings (SSSR count). The van der Waals surface area contributed by atoms with Crippen LogP contribution in [0.15, 0.2) is 0 Å². The number of hydrogen-bond donors (Lipinski definition) is 9. The SMILES string of the molecule is CCCCCCCCCCC[C@@H]1CC(=O)N[C@@H](CCC(=O)O)C(=O)N[C@@H](CC(C)C)C(=O)N[C@@H](CC(C)C)C(=O)N[C@@H](C(C)C)C(=O)N[C@@H](CC(=O)O)C(=O)N[C@@H](CC(C)C)C(=O)N[C@@H](CC(C)C)C(=O)O1. The highest BCUT2D eigenvalue weighted by Crippen LogP contribution is 2.19. The Kier molecular flexibility index (Phi) is 30.7. The lowest BCUT2D eigenvalue weighted by Gasteiger charge is -2.29. The number of hydrogen-bond acceptors (Lipinski definition) is 11. The average Bonchev–Trinajstić information content (AvgIpc) is 3.26. The zero-order valence-electron chi connectivity index (χ0n) is 45.1. The molecular formula is C52H91N7O13. The van der Waals surface area contributed by atoms with Gasteiger partial charge in [-0.05, 0) is 74.5 Å². The normalized spacial score (nSPS) is 24.1. The molecule has 0 aromatic rings. The molecule has 1 fully saturated rings. The summed E-state index contributed by atoms with van der Waals surface area (Å²) in [5.41, 5.74) is 0. The van der Waals surface area contributed by atoms with Crippen molar-refractivity contribution in [1.29, 1.82) is 0 Å². The lowest BCUT2D eigenvalue weighted by Crippen LogP contribution is -2.61. The number of unbranched alkanes of at least 4 members (excludes halogenated alkanes) is 8. The molecule has 9 N–H and O–H groups in total. The van der Waals surface area contributed by atoms with Crippen molar-refractivity contribution < 1.29 is 62.9 Å². The molecule has 1 aliphatic heterocycles. The van der Waals surface area contributed by atoms with Gasteiger partial charge in [0.1, 0.15) is 48.4 Å². The Bertz CT molecular complexity index is 1770. The molecule has 0 unspecified atom stereocenters. The first-order chi connectivity index (χ1) is 33.7. The summed E-state index contributed by atoms with van der Waals surface area (Å²) in [5, 5.41) is 37.9. The molecule has 20 heteroatoms. The number of carbonyl (C=O) groups excluding carboxylic acids is 8. The second-order valence-corrected chi connectivity index (χ2v) is 21.6. The van der Waals surface area contributed by atoms with E-state index >= 15 is 0 Å². The Morgan fingerprint density at radius 1 is 0.472 bits per heavy atom. The van der Waals surface area contributed by atoms with E-state index in [4.69, 9.17) is 4.74 Å². The maximum atomic E-state index is 14.2. The quantitative estimate of drug-likeness (QED) is 0.0465. The molecule has 1 heterocycles. The van der Waals surface area contributed by atoms with E-state index in [1.807, 2.05) is 13.8 Å². The summed E-state index contributed by atoms with van der Waals surface area (Å²) in [4.78, 5) is 136. The van der Waals surface area contributed by atoms with E-state index in [9.17, 15) is 58.2 Å². The number of cyclic esters (lactones) is 1. The fourth-order valence-corrected chi connectivity index (χ4v) is 8.45. The summed E-state index contributed by atoms with van der Waals surface area (Å²) in [6, 6.07) is -9.63. The highest BCUT2D eigenvalue weighted by molar-refractivity contribution is 5.98. The first kappa shape index (κ1) is 64.7. The lowest BCUT2D eigenvalue weighted by atomic mass is 9.98. The summed E-state index contributed by atoms with van der Waals surface area (Å²) in [5.74, 6) is -10.8. The van der Waals surface area contributed by atoms with Crippen molar-refractivity contribution in [2.24, 2.45) is 29.6 Å². The van der Waals surface area contributed by atoms with E-state index in [0.29, 0.717) is 6.42 Å². The Morgan fingerprint density at radius 3 is 1.29 bits per heavy atom. The second-order valence-electron chi connectivity index (χ2n) is 21.6. The zero-order chi connectivity index (χ0) is 54.7. The summed E-state index contributed by atoms with van der Waals surface area (Å²) in [7, 11) is 0. The number of carboxylic acid groups (broad SMARTS) is 2. The lowest BCUT2D eigenvalue weighted by molar-refractivity contribution is -0.155. The predicted octanol–water partition coefficient (Wildman–Crippen LogP) is 4.80. The third kappa shape index (κ3) is 26.9. The highest BCUT2D eigenvalue weighted by atomic mass is 16.5. The number of nitrogens with one attached hydrogen (secondary N) is 7. The minimum absolute atomic E-state index is 0.0401. The van der Waals surface area contributed by atoms with E-state index in [0.717, 1.165) is 38.5 Å². The molecule has 7 amide bonds. The number of carbonyl (C=O) groups is 10. The molecule has 0 radical (unpaired) electrons. The highest BCUT2D eigenvalue weighted by Gasteiger charge is 2.37. The van der Waals surface area contributed by atoms with Gasteiger partial charge in [0.05, 0.1) is 12.8 Å². The summed E-state index contributed by atoms with van der Waals surface area (Å²) in [6.45, 7) is 19.8. The maximum absolute atomic E-state index is 14.2. The van der Waals surface area contributed by atoms with Crippen molar-refractivity contribution in [2.45, 2.75) is 240 Å².